The van der Waals surface area contributed by atoms with E-state index in [1.165, 1.54) is 16.2 Å². The minimum atomic E-state index is 0.576. The van der Waals surface area contributed by atoms with Crippen molar-refractivity contribution in [2.45, 2.75) is 0 Å². The number of rotatable bonds is 3. The summed E-state index contributed by atoms with van der Waals surface area (Å²) in [7, 11) is 0. The monoisotopic (exact) mass is 589 g/mol. The Morgan fingerprint density at radius 3 is 1.93 bits per heavy atom. The van der Waals surface area contributed by atoms with Crippen LogP contribution in [0.4, 0.5) is 0 Å². The van der Waals surface area contributed by atoms with Crippen molar-refractivity contribution in [3.8, 4) is 34.2 Å². The second-order valence-corrected chi connectivity index (χ2v) is 11.6. The molecule has 10 aromatic rings. The van der Waals surface area contributed by atoms with Crippen LogP contribution in [-0.2, 0) is 0 Å². The average molecular weight is 590 g/mol. The van der Waals surface area contributed by atoms with Gasteiger partial charge < -0.3 is 8.83 Å². The van der Waals surface area contributed by atoms with Crippen LogP contribution >= 0.6 is 0 Å². The van der Waals surface area contributed by atoms with E-state index in [4.69, 9.17) is 23.8 Å². The fourth-order valence-corrected chi connectivity index (χ4v) is 6.72. The van der Waals surface area contributed by atoms with E-state index in [2.05, 4.69) is 72.8 Å². The van der Waals surface area contributed by atoms with Gasteiger partial charge in [-0.05, 0) is 57.9 Å². The molecular formula is C41H23N3O2. The van der Waals surface area contributed by atoms with E-state index in [1.807, 2.05) is 66.7 Å². The van der Waals surface area contributed by atoms with Gasteiger partial charge in [-0.15, -0.1) is 0 Å². The number of fused-ring (bicyclic) bond motifs is 9. The third-order valence-electron chi connectivity index (χ3n) is 8.91. The first-order valence-electron chi connectivity index (χ1n) is 15.3. The highest BCUT2D eigenvalue weighted by atomic mass is 16.3. The Hall–Kier alpha value is -6.33. The number of nitrogens with zero attached hydrogens (tertiary/aromatic N) is 3. The molecule has 3 aromatic heterocycles. The van der Waals surface area contributed by atoms with Crippen LogP contribution in [0.3, 0.4) is 0 Å². The molecular weight excluding hydrogens is 566 g/mol. The van der Waals surface area contributed by atoms with E-state index in [1.54, 1.807) is 0 Å². The Kier molecular flexibility index (Phi) is 5.22. The molecule has 10 rings (SSSR count). The molecule has 0 atom stereocenters. The molecule has 0 unspecified atom stereocenters. The van der Waals surface area contributed by atoms with Gasteiger partial charge in [0.25, 0.3) is 0 Å². The van der Waals surface area contributed by atoms with Crippen molar-refractivity contribution in [3.05, 3.63) is 140 Å². The SMILES string of the molecule is c1ccc(-c2nc(-c3ccc4c(c3)oc3ccccc34)nc(-c3cccc4oc5cc6ccc7ccccc7c6cc5c34)n2)cc1. The lowest BCUT2D eigenvalue weighted by Crippen LogP contribution is -2.00. The van der Waals surface area contributed by atoms with Gasteiger partial charge in [-0.1, -0.05) is 103 Å². The van der Waals surface area contributed by atoms with Gasteiger partial charge in [0.2, 0.25) is 0 Å². The smallest absolute Gasteiger partial charge is 0.164 e. The highest BCUT2D eigenvalue weighted by molar-refractivity contribution is 6.19. The maximum Gasteiger partial charge on any atom is 0.164 e. The molecule has 0 N–H and O–H groups in total. The van der Waals surface area contributed by atoms with E-state index >= 15 is 0 Å². The molecule has 0 bridgehead atoms. The van der Waals surface area contributed by atoms with Crippen LogP contribution in [0, 0.1) is 0 Å². The zero-order chi connectivity index (χ0) is 30.2. The van der Waals surface area contributed by atoms with Gasteiger partial charge in [-0.2, -0.15) is 0 Å². The van der Waals surface area contributed by atoms with E-state index in [0.29, 0.717) is 17.5 Å². The van der Waals surface area contributed by atoms with E-state index < -0.39 is 0 Å². The number of hydrogen-bond donors (Lipinski definition) is 0. The van der Waals surface area contributed by atoms with E-state index in [0.717, 1.165) is 66.0 Å². The summed E-state index contributed by atoms with van der Waals surface area (Å²) in [5.74, 6) is 1.76. The number of hydrogen-bond acceptors (Lipinski definition) is 5. The van der Waals surface area contributed by atoms with Gasteiger partial charge in [0.05, 0.1) is 0 Å². The van der Waals surface area contributed by atoms with Crippen molar-refractivity contribution in [2.75, 3.05) is 0 Å². The van der Waals surface area contributed by atoms with Crippen LogP contribution in [0.25, 0.3) is 99.6 Å². The maximum atomic E-state index is 6.46. The van der Waals surface area contributed by atoms with Gasteiger partial charge in [0.1, 0.15) is 22.3 Å². The lowest BCUT2D eigenvalue weighted by Gasteiger charge is -2.09. The second-order valence-electron chi connectivity index (χ2n) is 11.6. The minimum absolute atomic E-state index is 0.576. The predicted molar refractivity (Wildman–Crippen MR) is 186 cm³/mol. The maximum absolute atomic E-state index is 6.46. The average Bonchev–Trinajstić information content (AvgIpc) is 3.68. The molecule has 0 radical (unpaired) electrons. The lowest BCUT2D eigenvalue weighted by molar-refractivity contribution is 0.669. The van der Waals surface area contributed by atoms with Crippen molar-refractivity contribution in [1.82, 2.24) is 15.0 Å². The molecule has 214 valence electrons. The molecule has 0 saturated heterocycles. The zero-order valence-electron chi connectivity index (χ0n) is 24.4. The number of benzene rings is 7. The summed E-state index contributed by atoms with van der Waals surface area (Å²) < 4.78 is 12.7. The molecule has 0 aliphatic rings. The first kappa shape index (κ1) is 25.0. The molecule has 7 aromatic carbocycles. The molecule has 5 heteroatoms. The van der Waals surface area contributed by atoms with E-state index in [9.17, 15) is 0 Å². The highest BCUT2D eigenvalue weighted by Gasteiger charge is 2.19. The third kappa shape index (κ3) is 3.79. The summed E-state index contributed by atoms with van der Waals surface area (Å²) >= 11 is 0. The minimum Gasteiger partial charge on any atom is -0.456 e. The normalized spacial score (nSPS) is 11.9. The summed E-state index contributed by atoms with van der Waals surface area (Å²) in [6.07, 6.45) is 0. The fraction of sp³-hybridized carbons (Fsp3) is 0. The molecule has 0 fully saturated rings. The fourth-order valence-electron chi connectivity index (χ4n) is 6.72. The first-order valence-corrected chi connectivity index (χ1v) is 15.3. The van der Waals surface area contributed by atoms with Crippen molar-refractivity contribution < 1.29 is 8.83 Å². The Morgan fingerprint density at radius 1 is 0.348 bits per heavy atom. The van der Waals surface area contributed by atoms with Gasteiger partial charge in [-0.3, -0.25) is 0 Å². The Labute approximate surface area is 262 Å². The Bertz CT molecular complexity index is 2810. The molecule has 5 nitrogen and oxygen atoms in total. The molecule has 3 heterocycles. The topological polar surface area (TPSA) is 65.0 Å². The number of aromatic nitrogens is 3. The van der Waals surface area contributed by atoms with Crippen LogP contribution in [0.1, 0.15) is 0 Å². The molecule has 46 heavy (non-hydrogen) atoms. The van der Waals surface area contributed by atoms with Gasteiger partial charge >= 0.3 is 0 Å². The standard InChI is InChI=1S/C41H23N3O2/c1-2-10-25(11-3-1)39-42-40(27-19-20-30-29-13-6-7-15-34(29)45-36(30)22-27)44-41(43-39)31-14-8-16-35-38(31)33-23-32-26(21-37(33)46-35)18-17-24-9-4-5-12-28(24)32/h1-23H. The van der Waals surface area contributed by atoms with Crippen LogP contribution < -0.4 is 0 Å². The van der Waals surface area contributed by atoms with Crippen molar-refractivity contribution in [2.24, 2.45) is 0 Å². The molecule has 0 saturated carbocycles. The van der Waals surface area contributed by atoms with Crippen LogP contribution in [0.2, 0.25) is 0 Å². The summed E-state index contributed by atoms with van der Waals surface area (Å²) in [4.78, 5) is 15.1. The largest absolute Gasteiger partial charge is 0.456 e. The molecule has 0 aliphatic heterocycles. The van der Waals surface area contributed by atoms with Crippen LogP contribution in [0.15, 0.2) is 148 Å². The van der Waals surface area contributed by atoms with Gasteiger partial charge in [0.15, 0.2) is 17.5 Å². The number of furan rings is 2. The van der Waals surface area contributed by atoms with Crippen LogP contribution in [-0.4, -0.2) is 15.0 Å². The Balaban J connectivity index is 1.23. The lowest BCUT2D eigenvalue weighted by atomic mass is 9.98. The highest BCUT2D eigenvalue weighted by Crippen LogP contribution is 2.40. The van der Waals surface area contributed by atoms with Crippen molar-refractivity contribution in [3.63, 3.8) is 0 Å². The Morgan fingerprint density at radius 2 is 1.02 bits per heavy atom. The molecule has 0 amide bonds. The third-order valence-corrected chi connectivity index (χ3v) is 8.91. The summed E-state index contributed by atoms with van der Waals surface area (Å²) in [5, 5.41) is 8.90. The van der Waals surface area contributed by atoms with Gasteiger partial charge in [-0.25, -0.2) is 15.0 Å². The van der Waals surface area contributed by atoms with Crippen molar-refractivity contribution >= 4 is 65.4 Å². The predicted octanol–water partition coefficient (Wildman–Crippen LogP) is 11.0. The summed E-state index contributed by atoms with van der Waals surface area (Å²) in [6.45, 7) is 0. The van der Waals surface area contributed by atoms with Crippen LogP contribution in [0.5, 0.6) is 0 Å². The van der Waals surface area contributed by atoms with E-state index in [-0.39, 0.29) is 0 Å². The summed E-state index contributed by atoms with van der Waals surface area (Å²) in [5.41, 5.74) is 5.94. The molecule has 0 spiro atoms. The zero-order valence-corrected chi connectivity index (χ0v) is 24.4. The first-order chi connectivity index (χ1) is 22.8. The number of para-hydroxylation sites is 1. The quantitative estimate of drug-likeness (QED) is 0.192. The molecule has 0 aliphatic carbocycles. The summed E-state index contributed by atoms with van der Waals surface area (Å²) in [6, 6.07) is 47.6. The second kappa shape index (κ2) is 9.58. The van der Waals surface area contributed by atoms with Gasteiger partial charge in [0, 0.05) is 38.2 Å². The van der Waals surface area contributed by atoms with Crippen molar-refractivity contribution in [1.29, 1.82) is 0 Å².